The van der Waals surface area contributed by atoms with Gasteiger partial charge in [-0.3, -0.25) is 14.9 Å². The number of nitrogens with one attached hydrogen (secondary N) is 1. The second kappa shape index (κ2) is 18.2. The first-order valence-corrected chi connectivity index (χ1v) is 20.3. The first kappa shape index (κ1) is 38.4. The molecule has 0 radical (unpaired) electrons. The molecule has 290 valence electrons. The topological polar surface area (TPSA) is 143 Å². The molecule has 0 bridgehead atoms. The molecule has 12 heteroatoms. The van der Waals surface area contributed by atoms with Crippen LogP contribution in [0.3, 0.4) is 0 Å². The third-order valence-corrected chi connectivity index (χ3v) is 11.1. The van der Waals surface area contributed by atoms with E-state index in [9.17, 15) is 9.59 Å². The molecule has 5 heterocycles. The summed E-state index contributed by atoms with van der Waals surface area (Å²) in [7, 11) is 0. The number of aromatic nitrogens is 5. The Kier molecular flexibility index (Phi) is 12.1. The predicted molar refractivity (Wildman–Crippen MR) is 228 cm³/mol. The van der Waals surface area contributed by atoms with Gasteiger partial charge in [-0.2, -0.15) is 0 Å². The third kappa shape index (κ3) is 9.05. The van der Waals surface area contributed by atoms with Crippen molar-refractivity contribution in [2.75, 3.05) is 22.9 Å². The summed E-state index contributed by atoms with van der Waals surface area (Å²) in [5.41, 5.74) is 19.4. The molecule has 7 aromatic rings. The Hall–Kier alpha value is -6.47. The molecule has 0 saturated heterocycles. The highest BCUT2D eigenvalue weighted by Crippen LogP contribution is 2.34. The predicted octanol–water partition coefficient (Wildman–Crippen LogP) is 6.49. The van der Waals surface area contributed by atoms with Gasteiger partial charge in [0.05, 0.1) is 23.3 Å². The van der Waals surface area contributed by atoms with E-state index in [1.165, 1.54) is 23.8 Å². The highest BCUT2D eigenvalue weighted by atomic mass is 32.1. The Morgan fingerprint density at radius 2 is 1.17 bits per heavy atom. The van der Waals surface area contributed by atoms with Gasteiger partial charge < -0.3 is 15.5 Å². The second-order valence-corrected chi connectivity index (χ2v) is 15.0. The van der Waals surface area contributed by atoms with Crippen molar-refractivity contribution in [2.45, 2.75) is 44.3 Å². The van der Waals surface area contributed by atoms with Crippen molar-refractivity contribution in [1.82, 2.24) is 30.2 Å². The maximum atomic E-state index is 13.7. The number of carbonyl (C=O) groups excluding carboxylic acids is 2. The average Bonchev–Trinajstić information content (AvgIpc) is 4.07. The van der Waals surface area contributed by atoms with Crippen molar-refractivity contribution in [3.63, 3.8) is 0 Å². The van der Waals surface area contributed by atoms with Crippen LogP contribution in [-0.2, 0) is 41.8 Å². The van der Waals surface area contributed by atoms with Crippen molar-refractivity contribution in [1.29, 1.82) is 0 Å². The van der Waals surface area contributed by atoms with E-state index in [2.05, 4.69) is 72.7 Å². The lowest BCUT2D eigenvalue weighted by atomic mass is 10.0. The molecule has 0 spiro atoms. The molecule has 2 atom stereocenters. The Bertz CT molecular complexity index is 2440. The lowest BCUT2D eigenvalue weighted by molar-refractivity contribution is -0.121. The SMILES string of the molecule is N[C@@H](Cc1ccccc1)C(=O)N1CCc2ccc(-c3cncnc3)cc21.O=C([C@H](Cc1ccccc1)NCc1cscn1)N1CCc2ccc(-c3cncnc3)cc21. The van der Waals surface area contributed by atoms with Gasteiger partial charge in [-0.15, -0.1) is 11.3 Å². The fraction of sp³-hybridized carbons (Fsp3) is 0.196. The number of rotatable bonds is 11. The minimum Gasteiger partial charge on any atom is -0.320 e. The summed E-state index contributed by atoms with van der Waals surface area (Å²) in [6.07, 6.45) is 13.0. The summed E-state index contributed by atoms with van der Waals surface area (Å²) >= 11 is 1.56. The van der Waals surface area contributed by atoms with Crippen LogP contribution in [0.4, 0.5) is 11.4 Å². The van der Waals surface area contributed by atoms with Crippen molar-refractivity contribution in [3.8, 4) is 22.3 Å². The monoisotopic (exact) mass is 785 g/mol. The van der Waals surface area contributed by atoms with Crippen molar-refractivity contribution in [2.24, 2.45) is 5.73 Å². The van der Waals surface area contributed by atoms with E-state index in [1.54, 1.807) is 36.1 Å². The Morgan fingerprint density at radius 1 is 0.655 bits per heavy atom. The smallest absolute Gasteiger partial charge is 0.244 e. The van der Waals surface area contributed by atoms with Crippen LogP contribution >= 0.6 is 11.3 Å². The van der Waals surface area contributed by atoms with Gasteiger partial charge in [0.1, 0.15) is 12.7 Å². The Morgan fingerprint density at radius 3 is 1.69 bits per heavy atom. The van der Waals surface area contributed by atoms with Crippen molar-refractivity contribution < 1.29 is 9.59 Å². The van der Waals surface area contributed by atoms with Crippen molar-refractivity contribution in [3.05, 3.63) is 173 Å². The number of carbonyl (C=O) groups is 2. The molecular weight excluding hydrogens is 743 g/mol. The van der Waals surface area contributed by atoms with Crippen LogP contribution in [0, 0.1) is 0 Å². The van der Waals surface area contributed by atoms with E-state index < -0.39 is 6.04 Å². The minimum atomic E-state index is -0.549. The minimum absolute atomic E-state index is 0.0333. The zero-order valence-electron chi connectivity index (χ0n) is 31.9. The molecule has 11 nitrogen and oxygen atoms in total. The van der Waals surface area contributed by atoms with E-state index in [0.717, 1.165) is 63.3 Å². The van der Waals surface area contributed by atoms with Crippen LogP contribution in [0.1, 0.15) is 27.9 Å². The van der Waals surface area contributed by atoms with Gasteiger partial charge in [0.15, 0.2) is 0 Å². The summed E-state index contributed by atoms with van der Waals surface area (Å²) in [6, 6.07) is 31.6. The maximum absolute atomic E-state index is 13.7. The van der Waals surface area contributed by atoms with Gasteiger partial charge in [-0.25, -0.2) is 24.9 Å². The molecule has 0 aliphatic carbocycles. The summed E-state index contributed by atoms with van der Waals surface area (Å²) in [4.78, 5) is 51.2. The fourth-order valence-electron chi connectivity index (χ4n) is 7.46. The molecule has 2 aliphatic rings. The molecule has 0 unspecified atom stereocenters. The maximum Gasteiger partial charge on any atom is 0.244 e. The summed E-state index contributed by atoms with van der Waals surface area (Å²) < 4.78 is 0. The first-order chi connectivity index (χ1) is 28.5. The van der Waals surface area contributed by atoms with Crippen LogP contribution in [0.5, 0.6) is 0 Å². The highest BCUT2D eigenvalue weighted by Gasteiger charge is 2.31. The number of anilines is 2. The third-order valence-electron chi connectivity index (χ3n) is 10.5. The quantitative estimate of drug-likeness (QED) is 0.150. The molecule has 0 saturated carbocycles. The lowest BCUT2D eigenvalue weighted by Gasteiger charge is -2.25. The Labute approximate surface area is 341 Å². The summed E-state index contributed by atoms with van der Waals surface area (Å²) in [6.45, 7) is 1.92. The van der Waals surface area contributed by atoms with E-state index in [4.69, 9.17) is 5.73 Å². The van der Waals surface area contributed by atoms with Gasteiger partial charge in [-0.1, -0.05) is 84.9 Å². The number of hydrogen-bond donors (Lipinski definition) is 2. The van der Waals surface area contributed by atoms with Crippen LogP contribution in [-0.4, -0.2) is 61.9 Å². The van der Waals surface area contributed by atoms with Crippen LogP contribution in [0.15, 0.2) is 145 Å². The van der Waals surface area contributed by atoms with Crippen LogP contribution in [0.25, 0.3) is 22.3 Å². The molecule has 58 heavy (non-hydrogen) atoms. The molecule has 9 rings (SSSR count). The molecule has 4 aromatic carbocycles. The number of hydrogen-bond acceptors (Lipinski definition) is 10. The fourth-order valence-corrected chi connectivity index (χ4v) is 8.02. The van der Waals surface area contributed by atoms with Gasteiger partial charge >= 0.3 is 0 Å². The van der Waals surface area contributed by atoms with E-state index in [-0.39, 0.29) is 17.9 Å². The molecule has 3 aromatic heterocycles. The molecule has 3 N–H and O–H groups in total. The van der Waals surface area contributed by atoms with Gasteiger partial charge in [0, 0.05) is 72.3 Å². The van der Waals surface area contributed by atoms with Gasteiger partial charge in [0.25, 0.3) is 0 Å². The number of amides is 2. The molecule has 0 fully saturated rings. The molecular formula is C46H43N9O2S. The van der Waals surface area contributed by atoms with E-state index >= 15 is 0 Å². The van der Waals surface area contributed by atoms with Gasteiger partial charge in [-0.05, 0) is 71.2 Å². The number of fused-ring (bicyclic) bond motifs is 2. The molecule has 2 amide bonds. The van der Waals surface area contributed by atoms with Gasteiger partial charge in [0.2, 0.25) is 11.8 Å². The second-order valence-electron chi connectivity index (χ2n) is 14.3. The zero-order valence-corrected chi connectivity index (χ0v) is 32.7. The number of nitrogens with two attached hydrogens (primary N) is 1. The Balaban J connectivity index is 0.000000165. The normalized spacial score (nSPS) is 13.9. The number of thiazole rings is 1. The summed E-state index contributed by atoms with van der Waals surface area (Å²) in [5.74, 6) is 0.0540. The highest BCUT2D eigenvalue weighted by molar-refractivity contribution is 7.07. The number of nitrogens with zero attached hydrogens (tertiary/aromatic N) is 7. The largest absolute Gasteiger partial charge is 0.320 e. The van der Waals surface area contributed by atoms with Crippen molar-refractivity contribution >= 4 is 34.5 Å². The number of benzene rings is 4. The van der Waals surface area contributed by atoms with E-state index in [1.807, 2.05) is 75.3 Å². The average molecular weight is 786 g/mol. The van der Waals surface area contributed by atoms with Crippen LogP contribution in [0.2, 0.25) is 0 Å². The summed E-state index contributed by atoms with van der Waals surface area (Å²) in [5, 5.41) is 5.47. The zero-order chi connectivity index (χ0) is 39.7. The standard InChI is InChI=1S/C25H23N5OS.C21H20N4O/c31-25(23(10-18-4-2-1-3-5-18)28-14-22-15-32-17-29-22)30-9-8-19-6-7-20(11-24(19)30)21-12-26-16-27-13-21;22-19(10-15-4-2-1-3-5-15)21(26)25-9-8-16-6-7-17(11-20(16)25)18-12-23-14-24-13-18/h1-7,11-13,15-17,23,28H,8-10,14H2;1-7,11-14,19H,8-10,22H2/t23-;19-/m00/s1. The lowest BCUT2D eigenvalue weighted by Crippen LogP contribution is -2.47. The van der Waals surface area contributed by atoms with Crippen LogP contribution < -0.4 is 20.9 Å². The van der Waals surface area contributed by atoms with E-state index in [0.29, 0.717) is 32.5 Å². The first-order valence-electron chi connectivity index (χ1n) is 19.3. The molecule has 2 aliphatic heterocycles.